The Morgan fingerprint density at radius 3 is 2.67 bits per heavy atom. The van der Waals surface area contributed by atoms with Gasteiger partial charge in [-0.1, -0.05) is 0 Å². The van der Waals surface area contributed by atoms with E-state index in [1.165, 1.54) is 0 Å². The number of fused-ring (bicyclic) bond motifs is 1. The van der Waals surface area contributed by atoms with Gasteiger partial charge in [-0.15, -0.1) is 0 Å². The lowest BCUT2D eigenvalue weighted by molar-refractivity contribution is 0.152. The van der Waals surface area contributed by atoms with Crippen molar-refractivity contribution in [1.29, 1.82) is 0 Å². The van der Waals surface area contributed by atoms with Gasteiger partial charge in [0.2, 0.25) is 0 Å². The van der Waals surface area contributed by atoms with E-state index in [0.717, 1.165) is 48.1 Å². The van der Waals surface area contributed by atoms with Gasteiger partial charge >= 0.3 is 0 Å². The molecule has 0 atom stereocenters. The number of ether oxygens (including phenoxy) is 1. The van der Waals surface area contributed by atoms with Crippen LogP contribution in [0.4, 0.5) is 11.5 Å². The maximum absolute atomic E-state index is 9.25. The van der Waals surface area contributed by atoms with Crippen LogP contribution in [0, 0.1) is 0 Å². The Bertz CT molecular complexity index is 925. The van der Waals surface area contributed by atoms with Gasteiger partial charge < -0.3 is 20.9 Å². The maximum atomic E-state index is 9.25. The fourth-order valence-corrected chi connectivity index (χ4v) is 3.52. The van der Waals surface area contributed by atoms with Crippen LogP contribution in [0.5, 0.6) is 5.75 Å². The summed E-state index contributed by atoms with van der Waals surface area (Å²) in [6.07, 6.45) is 9.02. The van der Waals surface area contributed by atoms with E-state index in [4.69, 9.17) is 10.5 Å². The maximum Gasteiger partial charge on any atom is 0.149 e. The van der Waals surface area contributed by atoms with Crippen molar-refractivity contribution in [2.24, 2.45) is 0 Å². The van der Waals surface area contributed by atoms with Gasteiger partial charge in [0.25, 0.3) is 0 Å². The third kappa shape index (κ3) is 4.09. The molecule has 0 spiro atoms. The van der Waals surface area contributed by atoms with E-state index in [1.54, 1.807) is 18.6 Å². The van der Waals surface area contributed by atoms with Crippen LogP contribution in [-0.2, 0) is 6.61 Å². The number of aliphatic hydroxyl groups is 1. The van der Waals surface area contributed by atoms with Crippen molar-refractivity contribution in [3.63, 3.8) is 0 Å². The SMILES string of the molecule is Nc1cc(OC2CCC(Nc3cc(CO)ccn3)CC2)c2nccnc2c1. The molecule has 0 unspecified atom stereocenters. The van der Waals surface area contributed by atoms with Crippen LogP contribution in [0.3, 0.4) is 0 Å². The van der Waals surface area contributed by atoms with Crippen LogP contribution in [0.1, 0.15) is 31.2 Å². The standard InChI is InChI=1S/C20H23N5O2/c21-14-10-17-20(24-8-7-22-17)18(11-14)27-16-3-1-15(2-4-16)25-19-9-13(12-26)5-6-23-19/h5-11,15-16,26H,1-4,12,21H2,(H,23,25). The highest BCUT2D eigenvalue weighted by Crippen LogP contribution is 2.30. The summed E-state index contributed by atoms with van der Waals surface area (Å²) in [5, 5.41) is 12.7. The quantitative estimate of drug-likeness (QED) is 0.597. The molecule has 2 heterocycles. The molecule has 0 bridgehead atoms. The molecule has 1 saturated carbocycles. The summed E-state index contributed by atoms with van der Waals surface area (Å²) >= 11 is 0. The highest BCUT2D eigenvalue weighted by atomic mass is 16.5. The van der Waals surface area contributed by atoms with Crippen LogP contribution in [-0.4, -0.2) is 32.2 Å². The zero-order valence-corrected chi connectivity index (χ0v) is 15.0. The summed E-state index contributed by atoms with van der Waals surface area (Å²) in [6, 6.07) is 7.69. The second kappa shape index (κ2) is 7.75. The van der Waals surface area contributed by atoms with Crippen molar-refractivity contribution in [1.82, 2.24) is 15.0 Å². The van der Waals surface area contributed by atoms with Gasteiger partial charge in [0.05, 0.1) is 18.2 Å². The van der Waals surface area contributed by atoms with E-state index in [1.807, 2.05) is 24.3 Å². The number of rotatable bonds is 5. The first kappa shape index (κ1) is 17.5. The minimum absolute atomic E-state index is 0.0227. The summed E-state index contributed by atoms with van der Waals surface area (Å²) in [4.78, 5) is 13.0. The molecule has 4 N–H and O–H groups in total. The van der Waals surface area contributed by atoms with Crippen LogP contribution in [0.2, 0.25) is 0 Å². The molecule has 0 amide bonds. The first-order chi connectivity index (χ1) is 13.2. The Hall–Kier alpha value is -2.93. The van der Waals surface area contributed by atoms with Gasteiger partial charge in [-0.2, -0.15) is 0 Å². The van der Waals surface area contributed by atoms with Gasteiger partial charge in [-0.3, -0.25) is 4.98 Å². The number of nitrogens with two attached hydrogens (primary N) is 1. The zero-order valence-electron chi connectivity index (χ0n) is 15.0. The minimum Gasteiger partial charge on any atom is -0.488 e. The lowest BCUT2D eigenvalue weighted by atomic mass is 9.93. The number of nitrogens with one attached hydrogen (secondary N) is 1. The number of nitrogen functional groups attached to an aromatic ring is 1. The molecule has 2 aromatic heterocycles. The Morgan fingerprint density at radius 1 is 1.04 bits per heavy atom. The van der Waals surface area contributed by atoms with Gasteiger partial charge in [0.15, 0.2) is 0 Å². The van der Waals surface area contributed by atoms with E-state index in [9.17, 15) is 5.11 Å². The summed E-state index contributed by atoms with van der Waals surface area (Å²) in [5.41, 5.74) is 8.96. The van der Waals surface area contributed by atoms with E-state index in [0.29, 0.717) is 17.5 Å². The molecule has 1 fully saturated rings. The smallest absolute Gasteiger partial charge is 0.149 e. The second-order valence-electron chi connectivity index (χ2n) is 6.89. The number of pyridine rings is 1. The third-order valence-corrected chi connectivity index (χ3v) is 4.89. The number of benzene rings is 1. The molecule has 1 aliphatic rings. The Labute approximate surface area is 157 Å². The fourth-order valence-electron chi connectivity index (χ4n) is 3.52. The molecule has 0 radical (unpaired) electrons. The summed E-state index contributed by atoms with van der Waals surface area (Å²) in [7, 11) is 0. The van der Waals surface area contributed by atoms with Crippen molar-refractivity contribution in [2.45, 2.75) is 44.4 Å². The first-order valence-electron chi connectivity index (χ1n) is 9.20. The molecule has 0 saturated heterocycles. The van der Waals surface area contributed by atoms with Gasteiger partial charge in [0.1, 0.15) is 17.1 Å². The normalized spacial score (nSPS) is 19.7. The first-order valence-corrected chi connectivity index (χ1v) is 9.20. The van der Waals surface area contributed by atoms with Crippen molar-refractivity contribution >= 4 is 22.5 Å². The molecular formula is C20H23N5O2. The van der Waals surface area contributed by atoms with E-state index in [2.05, 4.69) is 20.3 Å². The summed E-state index contributed by atoms with van der Waals surface area (Å²) < 4.78 is 6.23. The Kier molecular flexibility index (Phi) is 5.02. The molecule has 0 aliphatic heterocycles. The highest BCUT2D eigenvalue weighted by molar-refractivity contribution is 5.84. The zero-order chi connectivity index (χ0) is 18.6. The lowest BCUT2D eigenvalue weighted by Gasteiger charge is -2.30. The summed E-state index contributed by atoms with van der Waals surface area (Å²) in [5.74, 6) is 1.51. The van der Waals surface area contributed by atoms with Gasteiger partial charge in [-0.25, -0.2) is 9.97 Å². The van der Waals surface area contributed by atoms with Crippen LogP contribution >= 0.6 is 0 Å². The third-order valence-electron chi connectivity index (χ3n) is 4.89. The number of aliphatic hydroxyl groups excluding tert-OH is 1. The summed E-state index contributed by atoms with van der Waals surface area (Å²) in [6.45, 7) is 0.0227. The molecule has 1 aromatic carbocycles. The predicted octanol–water partition coefficient (Wildman–Crippen LogP) is 2.90. The average molecular weight is 365 g/mol. The molecule has 27 heavy (non-hydrogen) atoms. The number of aromatic nitrogens is 3. The fraction of sp³-hybridized carbons (Fsp3) is 0.350. The highest BCUT2D eigenvalue weighted by Gasteiger charge is 2.23. The number of hydrogen-bond donors (Lipinski definition) is 3. The Balaban J connectivity index is 1.38. The van der Waals surface area contributed by atoms with Crippen molar-refractivity contribution < 1.29 is 9.84 Å². The van der Waals surface area contributed by atoms with Crippen LogP contribution < -0.4 is 15.8 Å². The topological polar surface area (TPSA) is 106 Å². The van der Waals surface area contributed by atoms with Crippen molar-refractivity contribution in [2.75, 3.05) is 11.1 Å². The van der Waals surface area contributed by atoms with Crippen LogP contribution in [0.15, 0.2) is 42.9 Å². The number of hydrogen-bond acceptors (Lipinski definition) is 7. The van der Waals surface area contributed by atoms with Gasteiger partial charge in [0, 0.05) is 36.4 Å². The van der Waals surface area contributed by atoms with Gasteiger partial charge in [-0.05, 0) is 49.4 Å². The predicted molar refractivity (Wildman–Crippen MR) is 104 cm³/mol. The molecule has 7 heteroatoms. The van der Waals surface area contributed by atoms with E-state index in [-0.39, 0.29) is 12.7 Å². The number of nitrogens with zero attached hydrogens (tertiary/aromatic N) is 3. The molecule has 3 aromatic rings. The van der Waals surface area contributed by atoms with E-state index < -0.39 is 0 Å². The van der Waals surface area contributed by atoms with Crippen molar-refractivity contribution in [3.8, 4) is 5.75 Å². The molecule has 7 nitrogen and oxygen atoms in total. The molecular weight excluding hydrogens is 342 g/mol. The minimum atomic E-state index is 0.0227. The molecule has 4 rings (SSSR count). The largest absolute Gasteiger partial charge is 0.488 e. The Morgan fingerprint density at radius 2 is 1.85 bits per heavy atom. The monoisotopic (exact) mass is 365 g/mol. The average Bonchev–Trinajstić information content (AvgIpc) is 2.69. The molecule has 140 valence electrons. The van der Waals surface area contributed by atoms with Crippen LogP contribution in [0.25, 0.3) is 11.0 Å². The van der Waals surface area contributed by atoms with E-state index >= 15 is 0 Å². The second-order valence-corrected chi connectivity index (χ2v) is 6.89. The number of anilines is 2. The van der Waals surface area contributed by atoms with Crippen molar-refractivity contribution in [3.05, 3.63) is 48.4 Å². The lowest BCUT2D eigenvalue weighted by Crippen LogP contribution is -2.31. The molecule has 1 aliphatic carbocycles.